The van der Waals surface area contributed by atoms with Gasteiger partial charge < -0.3 is 4.74 Å². The van der Waals surface area contributed by atoms with Crippen LogP contribution in [0.1, 0.15) is 59.8 Å². The number of hydrogen-bond acceptors (Lipinski definition) is 2. The third kappa shape index (κ3) is 1.05. The van der Waals surface area contributed by atoms with Crippen LogP contribution >= 0.6 is 0 Å². The molecule has 0 spiro atoms. The molecule has 2 aliphatic carbocycles. The molecule has 3 aliphatic rings. The van der Waals surface area contributed by atoms with Crippen LogP contribution < -0.4 is 0 Å². The molecule has 2 nitrogen and oxygen atoms in total. The van der Waals surface area contributed by atoms with Crippen LogP contribution in [0.5, 0.6) is 0 Å². The van der Waals surface area contributed by atoms with Gasteiger partial charge in [-0.25, -0.2) is 0 Å². The van der Waals surface area contributed by atoms with Gasteiger partial charge in [-0.15, -0.1) is 0 Å². The van der Waals surface area contributed by atoms with Crippen molar-refractivity contribution >= 4 is 5.97 Å². The van der Waals surface area contributed by atoms with Crippen LogP contribution in [0, 0.1) is 29.1 Å². The molecule has 3 rings (SSSR count). The summed E-state index contributed by atoms with van der Waals surface area (Å²) in [7, 11) is 0. The van der Waals surface area contributed by atoms with Crippen LogP contribution in [0.4, 0.5) is 0 Å². The van der Waals surface area contributed by atoms with Gasteiger partial charge in [-0.2, -0.15) is 0 Å². The lowest BCUT2D eigenvalue weighted by Crippen LogP contribution is -2.59. The maximum Gasteiger partial charge on any atom is 0.313 e. The van der Waals surface area contributed by atoms with Crippen molar-refractivity contribution in [2.24, 2.45) is 29.1 Å². The molecular weight excluding hydrogens is 224 g/mol. The number of carbonyl (C=O) groups is 1. The average Bonchev–Trinajstić information content (AvgIpc) is 2.73. The largest absolute Gasteiger partial charge is 0.458 e. The minimum Gasteiger partial charge on any atom is -0.458 e. The van der Waals surface area contributed by atoms with E-state index in [0.717, 1.165) is 37.5 Å². The summed E-state index contributed by atoms with van der Waals surface area (Å²) in [5.74, 6) is 2.79. The van der Waals surface area contributed by atoms with Gasteiger partial charge in [-0.3, -0.25) is 4.79 Å². The molecule has 2 saturated carbocycles. The van der Waals surface area contributed by atoms with Crippen molar-refractivity contribution in [3.8, 4) is 0 Å². The summed E-state index contributed by atoms with van der Waals surface area (Å²) in [6.07, 6.45) is 5.49. The van der Waals surface area contributed by atoms with E-state index in [9.17, 15) is 4.79 Å². The van der Waals surface area contributed by atoms with E-state index in [1.165, 1.54) is 6.42 Å². The Hall–Kier alpha value is -0.530. The van der Waals surface area contributed by atoms with E-state index >= 15 is 0 Å². The van der Waals surface area contributed by atoms with Crippen LogP contribution in [0.2, 0.25) is 0 Å². The van der Waals surface area contributed by atoms with E-state index in [4.69, 9.17) is 4.74 Å². The maximum absolute atomic E-state index is 12.5. The van der Waals surface area contributed by atoms with Gasteiger partial charge in [-0.05, 0) is 37.0 Å². The Morgan fingerprint density at radius 2 is 1.89 bits per heavy atom. The highest BCUT2D eigenvalue weighted by molar-refractivity contribution is 5.83. The average molecular weight is 250 g/mol. The first kappa shape index (κ1) is 12.5. The lowest BCUT2D eigenvalue weighted by Gasteiger charge is -2.56. The van der Waals surface area contributed by atoms with Crippen molar-refractivity contribution in [1.29, 1.82) is 0 Å². The molecule has 1 saturated heterocycles. The summed E-state index contributed by atoms with van der Waals surface area (Å²) in [6, 6.07) is 0. The molecule has 0 amide bonds. The summed E-state index contributed by atoms with van der Waals surface area (Å²) < 4.78 is 6.00. The molecule has 0 bridgehead atoms. The lowest BCUT2D eigenvalue weighted by molar-refractivity contribution is -0.168. The molecule has 2 heteroatoms. The highest BCUT2D eigenvalue weighted by Crippen LogP contribution is 2.76. The van der Waals surface area contributed by atoms with E-state index in [2.05, 4.69) is 27.7 Å². The molecule has 6 atom stereocenters. The first-order chi connectivity index (χ1) is 8.61. The van der Waals surface area contributed by atoms with Crippen molar-refractivity contribution in [2.45, 2.75) is 65.4 Å². The van der Waals surface area contributed by atoms with Crippen LogP contribution in [-0.2, 0) is 9.53 Å². The first-order valence-corrected chi connectivity index (χ1v) is 7.84. The van der Waals surface area contributed by atoms with Gasteiger partial charge in [0.15, 0.2) is 0 Å². The predicted molar refractivity (Wildman–Crippen MR) is 71.0 cm³/mol. The van der Waals surface area contributed by atoms with E-state index < -0.39 is 0 Å². The lowest BCUT2D eigenvalue weighted by atomic mass is 9.44. The smallest absolute Gasteiger partial charge is 0.313 e. The molecule has 0 aromatic rings. The van der Waals surface area contributed by atoms with Crippen LogP contribution in [-0.4, -0.2) is 11.6 Å². The quantitative estimate of drug-likeness (QED) is 0.710. The molecule has 0 aromatic heterocycles. The molecule has 0 unspecified atom stereocenters. The second kappa shape index (κ2) is 3.74. The molecule has 3 fully saturated rings. The van der Waals surface area contributed by atoms with Crippen molar-refractivity contribution in [1.82, 2.24) is 0 Å². The number of rotatable bonds is 4. The highest BCUT2D eigenvalue weighted by atomic mass is 16.6. The number of esters is 1. The number of carbonyl (C=O) groups excluding carboxylic acids is 1. The topological polar surface area (TPSA) is 26.3 Å². The SMILES string of the molecule is CC[C@@H]1C[C@@]2(CC)OC(=O)[C@@]3(CC)[C@H](CC)[C@@H]1[C@@H]23. The third-order valence-electron chi connectivity index (χ3n) is 6.61. The Kier molecular flexibility index (Phi) is 2.60. The van der Waals surface area contributed by atoms with E-state index in [0.29, 0.717) is 11.8 Å². The van der Waals surface area contributed by atoms with Crippen molar-refractivity contribution in [3.63, 3.8) is 0 Å². The summed E-state index contributed by atoms with van der Waals surface area (Å²) in [5, 5.41) is 0. The predicted octanol–water partition coefficient (Wildman–Crippen LogP) is 3.79. The fourth-order valence-electron chi connectivity index (χ4n) is 5.94. The molecule has 0 radical (unpaired) electrons. The van der Waals surface area contributed by atoms with Gasteiger partial charge in [0.2, 0.25) is 0 Å². The van der Waals surface area contributed by atoms with Gasteiger partial charge in [0.1, 0.15) is 5.60 Å². The minimum atomic E-state index is -0.112. The Morgan fingerprint density at radius 1 is 1.17 bits per heavy atom. The van der Waals surface area contributed by atoms with Crippen molar-refractivity contribution < 1.29 is 9.53 Å². The normalized spacial score (nSPS) is 53.0. The fourth-order valence-corrected chi connectivity index (χ4v) is 5.94. The van der Waals surface area contributed by atoms with Crippen LogP contribution in [0.25, 0.3) is 0 Å². The Bertz CT molecular complexity index is 377. The standard InChI is InChI=1S/C16H26O2/c1-5-10-9-15(7-3)13-12(10)11(6-2)16(13,8-4)14(17)18-15/h10-13H,5-9H2,1-4H3/t10-,11-,12-,13+,15-,16+/m1/s1. The highest BCUT2D eigenvalue weighted by Gasteiger charge is 2.80. The van der Waals surface area contributed by atoms with E-state index in [1.807, 2.05) is 0 Å². The summed E-state index contributed by atoms with van der Waals surface area (Å²) >= 11 is 0. The minimum absolute atomic E-state index is 0.0931. The zero-order valence-electron chi connectivity index (χ0n) is 12.2. The van der Waals surface area contributed by atoms with Gasteiger partial charge in [-0.1, -0.05) is 40.5 Å². The monoisotopic (exact) mass is 250 g/mol. The van der Waals surface area contributed by atoms with Gasteiger partial charge in [0.05, 0.1) is 5.41 Å². The Balaban J connectivity index is 2.06. The second-order valence-electron chi connectivity index (χ2n) is 6.64. The van der Waals surface area contributed by atoms with Gasteiger partial charge >= 0.3 is 5.97 Å². The number of ether oxygens (including phenoxy) is 1. The third-order valence-corrected chi connectivity index (χ3v) is 6.61. The van der Waals surface area contributed by atoms with E-state index in [1.54, 1.807) is 0 Å². The fraction of sp³-hybridized carbons (Fsp3) is 0.938. The molecule has 1 aliphatic heterocycles. The molecule has 102 valence electrons. The summed E-state index contributed by atoms with van der Waals surface area (Å²) in [5.41, 5.74) is -0.205. The molecule has 18 heavy (non-hydrogen) atoms. The zero-order chi connectivity index (χ0) is 13.1. The Labute approximate surface area is 110 Å². The molecular formula is C16H26O2. The molecule has 1 heterocycles. The molecule has 0 aromatic carbocycles. The van der Waals surface area contributed by atoms with Crippen LogP contribution in [0.15, 0.2) is 0 Å². The zero-order valence-corrected chi connectivity index (χ0v) is 12.2. The van der Waals surface area contributed by atoms with E-state index in [-0.39, 0.29) is 17.0 Å². The maximum atomic E-state index is 12.5. The first-order valence-electron chi connectivity index (χ1n) is 7.84. The van der Waals surface area contributed by atoms with Crippen LogP contribution in [0.3, 0.4) is 0 Å². The van der Waals surface area contributed by atoms with Crippen molar-refractivity contribution in [2.75, 3.05) is 0 Å². The summed E-state index contributed by atoms with van der Waals surface area (Å²) in [6.45, 7) is 8.94. The Morgan fingerprint density at radius 3 is 2.39 bits per heavy atom. The van der Waals surface area contributed by atoms with Gasteiger partial charge in [0.25, 0.3) is 0 Å². The summed E-state index contributed by atoms with van der Waals surface area (Å²) in [4.78, 5) is 12.5. The van der Waals surface area contributed by atoms with Crippen molar-refractivity contribution in [3.05, 3.63) is 0 Å². The number of hydrogen-bond donors (Lipinski definition) is 0. The van der Waals surface area contributed by atoms with Gasteiger partial charge in [0, 0.05) is 5.92 Å². The second-order valence-corrected chi connectivity index (χ2v) is 6.64. The molecule has 0 N–H and O–H groups in total.